The van der Waals surface area contributed by atoms with Gasteiger partial charge in [-0.25, -0.2) is 4.79 Å². The van der Waals surface area contributed by atoms with Crippen LogP contribution in [0.1, 0.15) is 20.7 Å². The Morgan fingerprint density at radius 2 is 1.80 bits per heavy atom. The largest absolute Gasteiger partial charge is 0.478 e. The molecule has 0 fully saturated rings. The summed E-state index contributed by atoms with van der Waals surface area (Å²) in [6.45, 7) is 0. The molecule has 0 aliphatic carbocycles. The summed E-state index contributed by atoms with van der Waals surface area (Å²) >= 11 is 11.6. The quantitative estimate of drug-likeness (QED) is 0.911. The topological polar surface area (TPSA) is 79.3 Å². The number of hydrogen-bond acceptors (Lipinski definition) is 3. The Hall–Kier alpha value is -2.11. The maximum absolute atomic E-state index is 12.0. The smallest absolute Gasteiger partial charge is 0.337 e. The van der Waals surface area contributed by atoms with Gasteiger partial charge in [-0.05, 0) is 24.3 Å². The summed E-state index contributed by atoms with van der Waals surface area (Å²) in [5.74, 6) is -1.66. The van der Waals surface area contributed by atoms with E-state index in [1.54, 1.807) is 0 Å². The molecule has 0 unspecified atom stereocenters. The zero-order valence-corrected chi connectivity index (χ0v) is 11.4. The summed E-state index contributed by atoms with van der Waals surface area (Å²) in [6, 6.07) is 5.65. The van der Waals surface area contributed by atoms with Gasteiger partial charge in [0.25, 0.3) is 5.91 Å². The molecule has 0 saturated heterocycles. The average molecular weight is 311 g/mol. The molecule has 2 rings (SSSR count). The lowest BCUT2D eigenvalue weighted by Gasteiger charge is -2.07. The second-order valence-electron chi connectivity index (χ2n) is 3.81. The predicted octanol–water partition coefficient (Wildman–Crippen LogP) is 3.34. The van der Waals surface area contributed by atoms with Gasteiger partial charge in [0, 0.05) is 18.1 Å². The number of halogens is 2. The molecule has 0 bridgehead atoms. The number of amides is 1. The molecular weight excluding hydrogens is 303 g/mol. The van der Waals surface area contributed by atoms with E-state index in [0.29, 0.717) is 5.69 Å². The van der Waals surface area contributed by atoms with Crippen molar-refractivity contribution in [3.05, 3.63) is 57.8 Å². The predicted molar refractivity (Wildman–Crippen MR) is 75.6 cm³/mol. The molecule has 102 valence electrons. The molecule has 0 atom stereocenters. The molecule has 0 spiro atoms. The van der Waals surface area contributed by atoms with Gasteiger partial charge in [0.05, 0.1) is 21.2 Å². The second kappa shape index (κ2) is 5.90. The fourth-order valence-corrected chi connectivity index (χ4v) is 1.90. The number of pyridine rings is 1. The van der Waals surface area contributed by atoms with Crippen LogP contribution < -0.4 is 5.32 Å². The number of carbonyl (C=O) groups is 2. The first kappa shape index (κ1) is 14.3. The summed E-state index contributed by atoms with van der Waals surface area (Å²) < 4.78 is 0. The summed E-state index contributed by atoms with van der Waals surface area (Å²) in [7, 11) is 0. The van der Waals surface area contributed by atoms with E-state index in [1.807, 2.05) is 0 Å². The van der Waals surface area contributed by atoms with Gasteiger partial charge in [0.15, 0.2) is 0 Å². The molecular formula is C13H8Cl2N2O3. The van der Waals surface area contributed by atoms with Gasteiger partial charge in [-0.3, -0.25) is 9.78 Å². The molecule has 1 amide bonds. The minimum atomic E-state index is -1.18. The summed E-state index contributed by atoms with van der Waals surface area (Å²) in [5, 5.41) is 11.8. The number of aromatic carboxylic acids is 1. The molecule has 0 saturated carbocycles. The number of rotatable bonds is 3. The van der Waals surface area contributed by atoms with Crippen LogP contribution in [0.25, 0.3) is 0 Å². The van der Waals surface area contributed by atoms with Gasteiger partial charge < -0.3 is 10.4 Å². The number of anilines is 1. The molecule has 7 heteroatoms. The zero-order chi connectivity index (χ0) is 14.7. The normalized spacial score (nSPS) is 10.1. The van der Waals surface area contributed by atoms with Crippen LogP contribution in [0.3, 0.4) is 0 Å². The molecule has 5 nitrogen and oxygen atoms in total. The minimum absolute atomic E-state index is 0.0925. The fraction of sp³-hybridized carbons (Fsp3) is 0. The van der Waals surface area contributed by atoms with E-state index >= 15 is 0 Å². The number of hydrogen-bond donors (Lipinski definition) is 2. The van der Waals surface area contributed by atoms with Crippen molar-refractivity contribution in [2.24, 2.45) is 0 Å². The van der Waals surface area contributed by atoms with Gasteiger partial charge in [-0.15, -0.1) is 0 Å². The van der Waals surface area contributed by atoms with Gasteiger partial charge in [0.1, 0.15) is 0 Å². The van der Waals surface area contributed by atoms with Crippen molar-refractivity contribution in [3.63, 3.8) is 0 Å². The Kier molecular flexibility index (Phi) is 4.22. The van der Waals surface area contributed by atoms with E-state index in [2.05, 4.69) is 10.3 Å². The summed E-state index contributed by atoms with van der Waals surface area (Å²) in [6.07, 6.45) is 2.79. The van der Waals surface area contributed by atoms with Gasteiger partial charge in [-0.2, -0.15) is 0 Å². The molecule has 0 aliphatic rings. The van der Waals surface area contributed by atoms with Crippen molar-refractivity contribution < 1.29 is 14.7 Å². The SMILES string of the molecule is O=C(O)c1cc(NC(=O)c2cnccc2Cl)ccc1Cl. The Bertz CT molecular complexity index is 689. The van der Waals surface area contributed by atoms with Crippen molar-refractivity contribution in [3.8, 4) is 0 Å². The van der Waals surface area contributed by atoms with Crippen molar-refractivity contribution in [1.29, 1.82) is 0 Å². The number of carboxylic acids is 1. The third kappa shape index (κ3) is 3.07. The lowest BCUT2D eigenvalue weighted by molar-refractivity contribution is 0.0696. The number of carboxylic acid groups (broad SMARTS) is 1. The molecule has 0 radical (unpaired) electrons. The van der Waals surface area contributed by atoms with Crippen LogP contribution in [0.2, 0.25) is 10.0 Å². The van der Waals surface area contributed by atoms with Crippen LogP contribution in [0, 0.1) is 0 Å². The van der Waals surface area contributed by atoms with Crippen LogP contribution in [-0.2, 0) is 0 Å². The summed E-state index contributed by atoms with van der Waals surface area (Å²) in [5.41, 5.74) is 0.402. The van der Waals surface area contributed by atoms with Crippen molar-refractivity contribution in [2.75, 3.05) is 5.32 Å². The molecule has 1 aromatic carbocycles. The first-order valence-electron chi connectivity index (χ1n) is 5.42. The van der Waals surface area contributed by atoms with E-state index < -0.39 is 11.9 Å². The average Bonchev–Trinajstić information content (AvgIpc) is 2.41. The first-order chi connectivity index (χ1) is 9.49. The highest BCUT2D eigenvalue weighted by molar-refractivity contribution is 6.34. The Balaban J connectivity index is 2.27. The monoisotopic (exact) mass is 310 g/mol. The number of nitrogens with zero attached hydrogens (tertiary/aromatic N) is 1. The third-order valence-corrected chi connectivity index (χ3v) is 3.13. The van der Waals surface area contributed by atoms with Crippen LogP contribution in [-0.4, -0.2) is 22.0 Å². The first-order valence-corrected chi connectivity index (χ1v) is 6.18. The van der Waals surface area contributed by atoms with E-state index in [0.717, 1.165) is 0 Å². The molecule has 1 aromatic heterocycles. The minimum Gasteiger partial charge on any atom is -0.478 e. The summed E-state index contributed by atoms with van der Waals surface area (Å²) in [4.78, 5) is 26.7. The fourth-order valence-electron chi connectivity index (χ4n) is 1.51. The van der Waals surface area contributed by atoms with Gasteiger partial charge >= 0.3 is 5.97 Å². The number of aromatic nitrogens is 1. The van der Waals surface area contributed by atoms with Crippen molar-refractivity contribution in [2.45, 2.75) is 0 Å². The lowest BCUT2D eigenvalue weighted by Crippen LogP contribution is -2.13. The van der Waals surface area contributed by atoms with E-state index in [9.17, 15) is 9.59 Å². The number of carbonyl (C=O) groups excluding carboxylic acids is 1. The van der Waals surface area contributed by atoms with Crippen LogP contribution in [0.5, 0.6) is 0 Å². The molecule has 1 heterocycles. The van der Waals surface area contributed by atoms with Crippen LogP contribution in [0.4, 0.5) is 5.69 Å². The van der Waals surface area contributed by atoms with Crippen molar-refractivity contribution >= 4 is 40.8 Å². The lowest BCUT2D eigenvalue weighted by atomic mass is 10.2. The number of benzene rings is 1. The maximum atomic E-state index is 12.0. The van der Waals surface area contributed by atoms with Crippen LogP contribution >= 0.6 is 23.2 Å². The molecule has 2 aromatic rings. The Morgan fingerprint density at radius 3 is 2.45 bits per heavy atom. The third-order valence-electron chi connectivity index (χ3n) is 2.47. The Morgan fingerprint density at radius 1 is 1.10 bits per heavy atom. The Labute approximate surface area is 124 Å². The van der Waals surface area contributed by atoms with Crippen LogP contribution in [0.15, 0.2) is 36.7 Å². The van der Waals surface area contributed by atoms with E-state index in [-0.39, 0.29) is 21.2 Å². The standard InChI is InChI=1S/C13H8Cl2N2O3/c14-10-2-1-7(5-8(10)13(19)20)17-12(18)9-6-16-4-3-11(9)15/h1-6H,(H,17,18)(H,19,20). The van der Waals surface area contributed by atoms with E-state index in [1.165, 1.54) is 36.7 Å². The van der Waals surface area contributed by atoms with Gasteiger partial charge in [-0.1, -0.05) is 23.2 Å². The maximum Gasteiger partial charge on any atom is 0.337 e. The second-order valence-corrected chi connectivity index (χ2v) is 4.62. The highest BCUT2D eigenvalue weighted by Crippen LogP contribution is 2.22. The highest BCUT2D eigenvalue weighted by atomic mass is 35.5. The van der Waals surface area contributed by atoms with E-state index in [4.69, 9.17) is 28.3 Å². The van der Waals surface area contributed by atoms with Crippen molar-refractivity contribution in [1.82, 2.24) is 4.98 Å². The van der Waals surface area contributed by atoms with Gasteiger partial charge in [0.2, 0.25) is 0 Å². The molecule has 2 N–H and O–H groups in total. The zero-order valence-electron chi connectivity index (χ0n) is 9.93. The number of nitrogens with one attached hydrogen (secondary N) is 1. The molecule has 20 heavy (non-hydrogen) atoms. The highest BCUT2D eigenvalue weighted by Gasteiger charge is 2.13. The molecule has 0 aliphatic heterocycles.